The number of thioether (sulfide) groups is 1. The van der Waals surface area contributed by atoms with Crippen LogP contribution in [0, 0.1) is 17.6 Å². The number of fused-ring (bicyclic) bond motifs is 1. The zero-order valence-electron chi connectivity index (χ0n) is 15.8. The number of rotatable bonds is 5. The lowest BCUT2D eigenvalue weighted by atomic mass is 10.1. The fourth-order valence-electron chi connectivity index (χ4n) is 3.22. The Morgan fingerprint density at radius 1 is 1.23 bits per heavy atom. The molecule has 2 amide bonds. The number of nitrogens with zero attached hydrogens (tertiary/aromatic N) is 2. The molecule has 156 valence electrons. The maximum Gasteiger partial charge on any atom is 0.241 e. The van der Waals surface area contributed by atoms with Gasteiger partial charge in [0.2, 0.25) is 11.8 Å². The number of nitrogens with one attached hydrogen (secondary N) is 3. The number of amides is 2. The van der Waals surface area contributed by atoms with Crippen LogP contribution in [0.2, 0.25) is 0 Å². The summed E-state index contributed by atoms with van der Waals surface area (Å²) in [7, 11) is 0. The summed E-state index contributed by atoms with van der Waals surface area (Å²) in [5.41, 5.74) is 6.77. The largest absolute Gasteiger partial charge is 0.351 e. The molecule has 0 radical (unpaired) electrons. The average Bonchev–Trinajstić information content (AvgIpc) is 3.21. The molecule has 2 aliphatic heterocycles. The number of amidine groups is 1. The van der Waals surface area contributed by atoms with Crippen LogP contribution in [-0.2, 0) is 16.1 Å². The molecule has 0 spiro atoms. The Morgan fingerprint density at radius 2 is 2.03 bits per heavy atom. The molecule has 2 atom stereocenters. The summed E-state index contributed by atoms with van der Waals surface area (Å²) >= 11 is 1.12. The van der Waals surface area contributed by atoms with E-state index in [1.165, 1.54) is 11.0 Å². The number of hydrazine groups is 1. The second-order valence-corrected chi connectivity index (χ2v) is 7.74. The first-order valence-corrected chi connectivity index (χ1v) is 10.3. The number of halogens is 2. The van der Waals surface area contributed by atoms with Crippen LogP contribution < -0.4 is 21.1 Å². The van der Waals surface area contributed by atoms with Crippen molar-refractivity contribution in [3.63, 3.8) is 0 Å². The maximum absolute atomic E-state index is 13.7. The van der Waals surface area contributed by atoms with E-state index in [-0.39, 0.29) is 35.6 Å². The number of carbonyl (C=O) groups is 2. The molecule has 0 saturated carbocycles. The van der Waals surface area contributed by atoms with Crippen LogP contribution in [-0.4, -0.2) is 35.4 Å². The highest BCUT2D eigenvalue weighted by atomic mass is 32.2. The number of anilines is 1. The van der Waals surface area contributed by atoms with Crippen LogP contribution in [0.5, 0.6) is 0 Å². The first-order valence-electron chi connectivity index (χ1n) is 9.31. The Labute approximate surface area is 175 Å². The molecule has 2 heterocycles. The van der Waals surface area contributed by atoms with Crippen molar-refractivity contribution in [3.8, 4) is 0 Å². The Balaban J connectivity index is 1.43. The van der Waals surface area contributed by atoms with Crippen molar-refractivity contribution in [2.75, 3.05) is 17.2 Å². The van der Waals surface area contributed by atoms with Gasteiger partial charge in [0, 0.05) is 24.7 Å². The Morgan fingerprint density at radius 3 is 2.80 bits per heavy atom. The van der Waals surface area contributed by atoms with E-state index in [2.05, 4.69) is 21.2 Å². The normalized spacial score (nSPS) is 20.7. The summed E-state index contributed by atoms with van der Waals surface area (Å²) in [4.78, 5) is 31.4. The minimum atomic E-state index is -0.716. The van der Waals surface area contributed by atoms with Crippen LogP contribution in [0.15, 0.2) is 53.5 Å². The van der Waals surface area contributed by atoms with E-state index in [1.54, 1.807) is 0 Å². The molecule has 7 nitrogen and oxygen atoms in total. The summed E-state index contributed by atoms with van der Waals surface area (Å²) in [5, 5.41) is 3.01. The lowest BCUT2D eigenvalue weighted by Gasteiger charge is -2.32. The van der Waals surface area contributed by atoms with Gasteiger partial charge in [0.15, 0.2) is 5.17 Å². The van der Waals surface area contributed by atoms with Crippen molar-refractivity contribution in [3.05, 3.63) is 65.7 Å². The standard InChI is InChI=1S/C20H19F2N5O2S/c21-13-7-6-12(16(22)8-13)9-23-17(28)11-30-20-25-18-15(10-24-26-18)19(29)27(20)14-4-2-1-3-5-14/h1-8,15,18,24,26H,9-11H2,(H,23,28). The van der Waals surface area contributed by atoms with Crippen molar-refractivity contribution < 1.29 is 18.4 Å². The third-order valence-electron chi connectivity index (χ3n) is 4.77. The topological polar surface area (TPSA) is 85.8 Å². The zero-order valence-corrected chi connectivity index (χ0v) is 16.6. The Hall–Kier alpha value is -2.82. The number of benzene rings is 2. The van der Waals surface area contributed by atoms with Gasteiger partial charge in [0.05, 0.1) is 17.4 Å². The molecule has 1 saturated heterocycles. The van der Waals surface area contributed by atoms with Crippen LogP contribution in [0.3, 0.4) is 0 Å². The van der Waals surface area contributed by atoms with Gasteiger partial charge in [0.1, 0.15) is 17.8 Å². The van der Waals surface area contributed by atoms with E-state index in [1.807, 2.05) is 30.3 Å². The molecular formula is C20H19F2N5O2S. The van der Waals surface area contributed by atoms with E-state index < -0.39 is 17.8 Å². The van der Waals surface area contributed by atoms with Crippen LogP contribution in [0.4, 0.5) is 14.5 Å². The predicted molar refractivity (Wildman–Crippen MR) is 110 cm³/mol. The van der Waals surface area contributed by atoms with Gasteiger partial charge in [-0.05, 0) is 18.2 Å². The van der Waals surface area contributed by atoms with Gasteiger partial charge in [-0.2, -0.15) is 0 Å². The average molecular weight is 431 g/mol. The van der Waals surface area contributed by atoms with Gasteiger partial charge >= 0.3 is 0 Å². The second-order valence-electron chi connectivity index (χ2n) is 6.80. The molecule has 0 aliphatic carbocycles. The quantitative estimate of drug-likeness (QED) is 0.672. The minimum absolute atomic E-state index is 0.0108. The lowest BCUT2D eigenvalue weighted by Crippen LogP contribution is -2.49. The SMILES string of the molecule is O=C(CSC1=NC2NNCC2C(=O)N1c1ccccc1)NCc1ccc(F)cc1F. The molecule has 1 fully saturated rings. The summed E-state index contributed by atoms with van der Waals surface area (Å²) in [6, 6.07) is 12.3. The fourth-order valence-corrected chi connectivity index (χ4v) is 4.10. The van der Waals surface area contributed by atoms with E-state index in [4.69, 9.17) is 0 Å². The summed E-state index contributed by atoms with van der Waals surface area (Å²) in [5.74, 6) is -2.19. The van der Waals surface area contributed by atoms with Crippen LogP contribution in [0.25, 0.3) is 0 Å². The van der Waals surface area contributed by atoms with Crippen LogP contribution in [0.1, 0.15) is 5.56 Å². The molecule has 0 aromatic heterocycles. The van der Waals surface area contributed by atoms with E-state index in [9.17, 15) is 18.4 Å². The van der Waals surface area contributed by atoms with Crippen molar-refractivity contribution >= 4 is 34.4 Å². The maximum atomic E-state index is 13.7. The van der Waals surface area contributed by atoms with E-state index in [0.717, 1.165) is 23.9 Å². The number of para-hydroxylation sites is 1. The molecule has 10 heteroatoms. The molecule has 3 N–H and O–H groups in total. The van der Waals surface area contributed by atoms with Gasteiger partial charge in [-0.3, -0.25) is 19.9 Å². The third-order valence-corrected chi connectivity index (χ3v) is 5.72. The Kier molecular flexibility index (Phi) is 6.07. The smallest absolute Gasteiger partial charge is 0.241 e. The van der Waals surface area contributed by atoms with Gasteiger partial charge in [-0.15, -0.1) is 0 Å². The molecule has 30 heavy (non-hydrogen) atoms. The Bertz CT molecular complexity index is 988. The van der Waals surface area contributed by atoms with Crippen LogP contribution >= 0.6 is 11.8 Å². The molecule has 2 unspecified atom stereocenters. The monoisotopic (exact) mass is 431 g/mol. The van der Waals surface area contributed by atoms with Gasteiger partial charge in [-0.25, -0.2) is 19.2 Å². The first-order chi connectivity index (χ1) is 14.5. The zero-order chi connectivity index (χ0) is 21.1. The predicted octanol–water partition coefficient (Wildman–Crippen LogP) is 1.77. The van der Waals surface area contributed by atoms with Crippen molar-refractivity contribution in [1.82, 2.24) is 16.2 Å². The second kappa shape index (κ2) is 8.90. The molecule has 2 aliphatic rings. The summed E-state index contributed by atoms with van der Waals surface area (Å²) in [6.07, 6.45) is -0.392. The summed E-state index contributed by atoms with van der Waals surface area (Å²) < 4.78 is 26.7. The summed E-state index contributed by atoms with van der Waals surface area (Å²) in [6.45, 7) is 0.410. The fraction of sp³-hybridized carbons (Fsp3) is 0.250. The highest BCUT2D eigenvalue weighted by Gasteiger charge is 2.42. The van der Waals surface area contributed by atoms with Crippen molar-refractivity contribution in [2.45, 2.75) is 12.7 Å². The third kappa shape index (κ3) is 4.35. The minimum Gasteiger partial charge on any atom is -0.351 e. The first kappa shape index (κ1) is 20.5. The van der Waals surface area contributed by atoms with Gasteiger partial charge in [0.25, 0.3) is 0 Å². The highest BCUT2D eigenvalue weighted by Crippen LogP contribution is 2.29. The van der Waals surface area contributed by atoms with E-state index in [0.29, 0.717) is 17.4 Å². The number of hydrogen-bond donors (Lipinski definition) is 3. The molecule has 0 bridgehead atoms. The number of aliphatic imine (C=N–C) groups is 1. The lowest BCUT2D eigenvalue weighted by molar-refractivity contribution is -0.121. The van der Waals surface area contributed by atoms with Crippen molar-refractivity contribution in [2.24, 2.45) is 10.9 Å². The molecule has 4 rings (SSSR count). The number of hydrogen-bond acceptors (Lipinski definition) is 6. The van der Waals surface area contributed by atoms with Gasteiger partial charge < -0.3 is 5.32 Å². The van der Waals surface area contributed by atoms with Gasteiger partial charge in [-0.1, -0.05) is 36.0 Å². The van der Waals surface area contributed by atoms with E-state index >= 15 is 0 Å². The number of carbonyl (C=O) groups excluding carboxylic acids is 2. The van der Waals surface area contributed by atoms with Crippen molar-refractivity contribution in [1.29, 1.82) is 0 Å². The molecular weight excluding hydrogens is 412 g/mol. The molecule has 2 aromatic carbocycles. The molecule has 2 aromatic rings. The highest BCUT2D eigenvalue weighted by molar-refractivity contribution is 8.14.